The molecule has 0 saturated heterocycles. The first-order valence-corrected chi connectivity index (χ1v) is 12.4. The molecular weight excluding hydrogens is 396 g/mol. The van der Waals surface area contributed by atoms with Crippen molar-refractivity contribution in [3.05, 3.63) is 29.8 Å². The summed E-state index contributed by atoms with van der Waals surface area (Å²) in [5.41, 5.74) is 0.735. The maximum absolute atomic E-state index is 12.2. The molecule has 0 spiro atoms. The SMILES string of the molecule is CCCCCCCCCCCCCCCCOS(=O)(=O)c1ccccc1C.[Ca+2].[H-].[H-]. The first-order chi connectivity index (χ1) is 13.1. The Balaban J connectivity index is -0.00000243. The maximum Gasteiger partial charge on any atom is 2.00 e. The minimum Gasteiger partial charge on any atom is -1.00 e. The van der Waals surface area contributed by atoms with Gasteiger partial charge in [0.15, 0.2) is 0 Å². The van der Waals surface area contributed by atoms with Crippen molar-refractivity contribution in [2.24, 2.45) is 0 Å². The van der Waals surface area contributed by atoms with Gasteiger partial charge in [-0.2, -0.15) is 8.42 Å². The van der Waals surface area contributed by atoms with Gasteiger partial charge in [-0.15, -0.1) is 0 Å². The Morgan fingerprint density at radius 2 is 1.18 bits per heavy atom. The number of unbranched alkanes of at least 4 members (excludes halogenated alkanes) is 13. The molecule has 1 rings (SSSR count). The quantitative estimate of drug-likeness (QED) is 0.149. The number of aryl methyl sites for hydroxylation is 1. The van der Waals surface area contributed by atoms with E-state index in [-0.39, 0.29) is 52.1 Å². The number of rotatable bonds is 17. The Bertz CT molecular complexity index is 598. The second kappa shape index (κ2) is 18.2. The van der Waals surface area contributed by atoms with Crippen LogP contribution >= 0.6 is 0 Å². The molecule has 0 aliphatic heterocycles. The van der Waals surface area contributed by atoms with Crippen LogP contribution in [0.3, 0.4) is 0 Å². The van der Waals surface area contributed by atoms with Crippen molar-refractivity contribution < 1.29 is 15.5 Å². The van der Waals surface area contributed by atoms with E-state index in [1.807, 2.05) is 6.07 Å². The topological polar surface area (TPSA) is 43.4 Å². The minimum atomic E-state index is -3.61. The first kappa shape index (κ1) is 28.4. The summed E-state index contributed by atoms with van der Waals surface area (Å²) in [6.45, 7) is 4.35. The summed E-state index contributed by atoms with van der Waals surface area (Å²) in [6.07, 6.45) is 18.0. The van der Waals surface area contributed by atoms with E-state index < -0.39 is 10.1 Å². The van der Waals surface area contributed by atoms with E-state index in [9.17, 15) is 8.42 Å². The van der Waals surface area contributed by atoms with Gasteiger partial charge in [0.2, 0.25) is 0 Å². The number of hydrogen-bond donors (Lipinski definition) is 0. The van der Waals surface area contributed by atoms with Crippen LogP contribution in [0.2, 0.25) is 0 Å². The Morgan fingerprint density at radius 1 is 0.750 bits per heavy atom. The standard InChI is InChI=1S/C23H40O3S.Ca.2H/c1-3-4-5-6-7-8-9-10-11-12-13-14-15-18-21-26-27(24,25)23-20-17-16-19-22(23)2;;;/h16-17,19-20H,3-15,18,21H2,1-2H3;;;/q;+2;2*-1. The molecule has 0 heterocycles. The fourth-order valence-electron chi connectivity index (χ4n) is 3.37. The van der Waals surface area contributed by atoms with Gasteiger partial charge in [0, 0.05) is 0 Å². The van der Waals surface area contributed by atoms with Gasteiger partial charge in [0.1, 0.15) is 0 Å². The third-order valence-corrected chi connectivity index (χ3v) is 6.57. The molecule has 1 aromatic carbocycles. The molecule has 0 aliphatic rings. The minimum absolute atomic E-state index is 0. The van der Waals surface area contributed by atoms with Crippen molar-refractivity contribution in [2.75, 3.05) is 6.61 Å². The molecule has 0 unspecified atom stereocenters. The molecule has 0 radical (unpaired) electrons. The van der Waals surface area contributed by atoms with Crippen LogP contribution in [0.1, 0.15) is 105 Å². The third-order valence-electron chi connectivity index (χ3n) is 5.10. The fourth-order valence-corrected chi connectivity index (χ4v) is 4.54. The summed E-state index contributed by atoms with van der Waals surface area (Å²) >= 11 is 0. The summed E-state index contributed by atoms with van der Waals surface area (Å²) in [7, 11) is -3.61. The smallest absolute Gasteiger partial charge is 1.00 e. The van der Waals surface area contributed by atoms with Crippen molar-refractivity contribution in [1.29, 1.82) is 0 Å². The Morgan fingerprint density at radius 3 is 1.64 bits per heavy atom. The summed E-state index contributed by atoms with van der Waals surface area (Å²) < 4.78 is 29.5. The average Bonchev–Trinajstić information content (AvgIpc) is 2.65. The van der Waals surface area contributed by atoms with Gasteiger partial charge in [-0.05, 0) is 25.0 Å². The van der Waals surface area contributed by atoms with Gasteiger partial charge in [-0.3, -0.25) is 4.18 Å². The van der Waals surface area contributed by atoms with Crippen LogP contribution in [-0.4, -0.2) is 52.8 Å². The maximum atomic E-state index is 12.2. The van der Waals surface area contributed by atoms with Crippen LogP contribution in [0.15, 0.2) is 29.2 Å². The van der Waals surface area contributed by atoms with Crippen molar-refractivity contribution >= 4 is 47.9 Å². The predicted octanol–water partition coefficient (Wildman–Crippen LogP) is 7.03. The van der Waals surface area contributed by atoms with Crippen molar-refractivity contribution in [3.8, 4) is 0 Å². The van der Waals surface area contributed by atoms with Gasteiger partial charge in [-0.1, -0.05) is 109 Å². The molecule has 0 aliphatic carbocycles. The second-order valence-electron chi connectivity index (χ2n) is 7.64. The molecule has 5 heteroatoms. The molecule has 28 heavy (non-hydrogen) atoms. The molecule has 3 nitrogen and oxygen atoms in total. The van der Waals surface area contributed by atoms with Crippen LogP contribution < -0.4 is 0 Å². The zero-order valence-corrected chi connectivity index (χ0v) is 21.3. The van der Waals surface area contributed by atoms with E-state index in [1.165, 1.54) is 77.0 Å². The van der Waals surface area contributed by atoms with E-state index in [1.54, 1.807) is 25.1 Å². The van der Waals surface area contributed by atoms with Gasteiger partial charge in [0.05, 0.1) is 11.5 Å². The first-order valence-electron chi connectivity index (χ1n) is 11.0. The van der Waals surface area contributed by atoms with Crippen LogP contribution in [0.25, 0.3) is 0 Å². The summed E-state index contributed by atoms with van der Waals surface area (Å²) in [6, 6.07) is 6.97. The van der Waals surface area contributed by atoms with E-state index >= 15 is 0 Å². The van der Waals surface area contributed by atoms with Crippen LogP contribution in [0, 0.1) is 6.92 Å². The van der Waals surface area contributed by atoms with Crippen molar-refractivity contribution in [3.63, 3.8) is 0 Å². The van der Waals surface area contributed by atoms with E-state index in [0.29, 0.717) is 0 Å². The number of hydrogen-bond acceptors (Lipinski definition) is 3. The zero-order valence-electron chi connectivity index (χ0n) is 20.3. The summed E-state index contributed by atoms with van der Waals surface area (Å²) in [5, 5.41) is 0. The van der Waals surface area contributed by atoms with Crippen molar-refractivity contribution in [1.82, 2.24) is 0 Å². The monoisotopic (exact) mass is 438 g/mol. The van der Waals surface area contributed by atoms with Crippen LogP contribution in [-0.2, 0) is 14.3 Å². The molecule has 160 valence electrons. The van der Waals surface area contributed by atoms with Gasteiger partial charge in [0.25, 0.3) is 10.1 Å². The average molecular weight is 439 g/mol. The predicted molar refractivity (Wildman–Crippen MR) is 123 cm³/mol. The molecule has 0 amide bonds. The van der Waals surface area contributed by atoms with Gasteiger partial charge < -0.3 is 2.85 Å². The molecule has 0 N–H and O–H groups in total. The van der Waals surface area contributed by atoms with E-state index in [4.69, 9.17) is 4.18 Å². The summed E-state index contributed by atoms with van der Waals surface area (Å²) in [5.74, 6) is 0. The van der Waals surface area contributed by atoms with Crippen molar-refractivity contribution in [2.45, 2.75) is 109 Å². The Hall–Kier alpha value is 0.390. The van der Waals surface area contributed by atoms with Crippen LogP contribution in [0.4, 0.5) is 0 Å². The normalized spacial score (nSPS) is 11.4. The Labute approximate surface area is 207 Å². The van der Waals surface area contributed by atoms with E-state index in [2.05, 4.69) is 6.92 Å². The van der Waals surface area contributed by atoms with Gasteiger partial charge >= 0.3 is 37.7 Å². The van der Waals surface area contributed by atoms with E-state index in [0.717, 1.165) is 18.4 Å². The summed E-state index contributed by atoms with van der Waals surface area (Å²) in [4.78, 5) is 0.287. The molecule has 0 saturated carbocycles. The molecule has 0 atom stereocenters. The second-order valence-corrected chi connectivity index (χ2v) is 9.22. The Kier molecular flexibility index (Phi) is 18.4. The zero-order chi connectivity index (χ0) is 19.8. The molecule has 1 aromatic rings. The molecule has 0 fully saturated rings. The fraction of sp³-hybridized carbons (Fsp3) is 0.739. The molecule has 0 aromatic heterocycles. The third kappa shape index (κ3) is 13.6. The molecule has 0 bridgehead atoms. The molecular formula is C23H42CaO3S. The van der Waals surface area contributed by atoms with Crippen LogP contribution in [0.5, 0.6) is 0 Å². The number of benzene rings is 1. The largest absolute Gasteiger partial charge is 2.00 e. The van der Waals surface area contributed by atoms with Gasteiger partial charge in [-0.25, -0.2) is 0 Å².